The number of nitrogens with zero attached hydrogens (tertiary/aromatic N) is 1. The van der Waals surface area contributed by atoms with E-state index in [-0.39, 0.29) is 6.54 Å². The van der Waals surface area contributed by atoms with Gasteiger partial charge in [0.15, 0.2) is 0 Å². The predicted molar refractivity (Wildman–Crippen MR) is 55.9 cm³/mol. The van der Waals surface area contributed by atoms with Gasteiger partial charge in [0.05, 0.1) is 6.42 Å². The number of hydrogen-bond acceptors (Lipinski definition) is 3. The van der Waals surface area contributed by atoms with E-state index in [4.69, 9.17) is 10.2 Å². The van der Waals surface area contributed by atoms with Gasteiger partial charge in [0.1, 0.15) is 6.04 Å². The van der Waals surface area contributed by atoms with Crippen LogP contribution in [0.25, 0.3) is 0 Å². The zero-order valence-electron chi connectivity index (χ0n) is 9.05. The zero-order chi connectivity index (χ0) is 12.7. The van der Waals surface area contributed by atoms with Gasteiger partial charge in [-0.1, -0.05) is 13.5 Å². The SMILES string of the molecule is C=CC(=O)N(CCC)C(CC(=O)O)C(=O)O. The second-order valence-electron chi connectivity index (χ2n) is 3.19. The van der Waals surface area contributed by atoms with Crippen molar-refractivity contribution in [2.24, 2.45) is 0 Å². The van der Waals surface area contributed by atoms with Crippen molar-refractivity contribution in [1.82, 2.24) is 4.90 Å². The molecule has 0 aliphatic heterocycles. The van der Waals surface area contributed by atoms with Crippen LogP contribution in [0.1, 0.15) is 19.8 Å². The summed E-state index contributed by atoms with van der Waals surface area (Å²) in [7, 11) is 0. The van der Waals surface area contributed by atoms with E-state index < -0.39 is 30.3 Å². The first-order valence-corrected chi connectivity index (χ1v) is 4.81. The summed E-state index contributed by atoms with van der Waals surface area (Å²) >= 11 is 0. The van der Waals surface area contributed by atoms with Crippen LogP contribution in [0.3, 0.4) is 0 Å². The second-order valence-corrected chi connectivity index (χ2v) is 3.19. The number of hydrogen-bond donors (Lipinski definition) is 2. The van der Waals surface area contributed by atoms with Crippen molar-refractivity contribution >= 4 is 17.8 Å². The smallest absolute Gasteiger partial charge is 0.327 e. The molecule has 1 unspecified atom stereocenters. The van der Waals surface area contributed by atoms with Crippen LogP contribution >= 0.6 is 0 Å². The molecule has 2 N–H and O–H groups in total. The monoisotopic (exact) mass is 229 g/mol. The van der Waals surface area contributed by atoms with E-state index in [1.54, 1.807) is 6.92 Å². The summed E-state index contributed by atoms with van der Waals surface area (Å²) in [6.45, 7) is 5.21. The molecule has 0 fully saturated rings. The number of carboxylic acid groups (broad SMARTS) is 2. The fraction of sp³-hybridized carbons (Fsp3) is 0.500. The number of carbonyl (C=O) groups excluding carboxylic acids is 1. The van der Waals surface area contributed by atoms with E-state index in [2.05, 4.69) is 6.58 Å². The number of aliphatic carboxylic acids is 2. The molecule has 1 atom stereocenters. The maximum atomic E-state index is 11.4. The molecular formula is C10H15NO5. The topological polar surface area (TPSA) is 94.9 Å². The van der Waals surface area contributed by atoms with Crippen LogP contribution in [0.4, 0.5) is 0 Å². The van der Waals surface area contributed by atoms with Crippen molar-refractivity contribution in [2.45, 2.75) is 25.8 Å². The van der Waals surface area contributed by atoms with Gasteiger partial charge in [0, 0.05) is 6.54 Å². The summed E-state index contributed by atoms with van der Waals surface area (Å²) in [6, 6.07) is -1.34. The quantitative estimate of drug-likeness (QED) is 0.614. The highest BCUT2D eigenvalue weighted by Gasteiger charge is 2.29. The Kier molecular flexibility index (Phi) is 5.84. The van der Waals surface area contributed by atoms with Gasteiger partial charge in [-0.25, -0.2) is 4.79 Å². The molecule has 0 spiro atoms. The maximum absolute atomic E-state index is 11.4. The lowest BCUT2D eigenvalue weighted by atomic mass is 10.1. The lowest BCUT2D eigenvalue weighted by Gasteiger charge is -2.26. The van der Waals surface area contributed by atoms with Crippen molar-refractivity contribution in [1.29, 1.82) is 0 Å². The highest BCUT2D eigenvalue weighted by molar-refractivity contribution is 5.92. The van der Waals surface area contributed by atoms with Gasteiger partial charge in [-0.2, -0.15) is 0 Å². The van der Waals surface area contributed by atoms with Crippen molar-refractivity contribution in [3.63, 3.8) is 0 Å². The number of rotatable bonds is 7. The third-order valence-electron chi connectivity index (χ3n) is 1.95. The van der Waals surface area contributed by atoms with Gasteiger partial charge >= 0.3 is 11.9 Å². The largest absolute Gasteiger partial charge is 0.481 e. The first-order chi connectivity index (χ1) is 7.43. The molecule has 90 valence electrons. The second kappa shape index (κ2) is 6.60. The van der Waals surface area contributed by atoms with Gasteiger partial charge in [0.2, 0.25) is 5.91 Å². The fourth-order valence-electron chi connectivity index (χ4n) is 1.27. The molecule has 0 saturated carbocycles. The van der Waals surface area contributed by atoms with Gasteiger partial charge < -0.3 is 15.1 Å². The number of carbonyl (C=O) groups is 3. The Labute approximate surface area is 93.2 Å². The Bertz CT molecular complexity index is 300. The van der Waals surface area contributed by atoms with Crippen molar-refractivity contribution in [3.8, 4) is 0 Å². The van der Waals surface area contributed by atoms with Crippen LogP contribution in [0, 0.1) is 0 Å². The van der Waals surface area contributed by atoms with Crippen molar-refractivity contribution in [3.05, 3.63) is 12.7 Å². The van der Waals surface area contributed by atoms with E-state index in [1.807, 2.05) is 0 Å². The Balaban J connectivity index is 4.92. The lowest BCUT2D eigenvalue weighted by Crippen LogP contribution is -2.46. The Morgan fingerprint density at radius 1 is 1.38 bits per heavy atom. The summed E-state index contributed by atoms with van der Waals surface area (Å²) in [5, 5.41) is 17.4. The Morgan fingerprint density at radius 3 is 2.25 bits per heavy atom. The fourth-order valence-corrected chi connectivity index (χ4v) is 1.27. The molecule has 0 rings (SSSR count). The van der Waals surface area contributed by atoms with Crippen molar-refractivity contribution in [2.75, 3.05) is 6.54 Å². The summed E-state index contributed by atoms with van der Waals surface area (Å²) in [6.07, 6.45) is 0.908. The van der Waals surface area contributed by atoms with Gasteiger partial charge in [-0.05, 0) is 12.5 Å². The minimum atomic E-state index is -1.34. The van der Waals surface area contributed by atoms with Gasteiger partial charge in [0.25, 0.3) is 0 Å². The summed E-state index contributed by atoms with van der Waals surface area (Å²) < 4.78 is 0. The molecule has 0 aliphatic carbocycles. The van der Waals surface area contributed by atoms with Gasteiger partial charge in [-0.15, -0.1) is 0 Å². The molecule has 6 nitrogen and oxygen atoms in total. The van der Waals surface area contributed by atoms with E-state index in [9.17, 15) is 14.4 Å². The highest BCUT2D eigenvalue weighted by Crippen LogP contribution is 2.07. The van der Waals surface area contributed by atoms with Crippen LogP contribution in [-0.4, -0.2) is 45.5 Å². The van der Waals surface area contributed by atoms with Crippen LogP contribution in [0.15, 0.2) is 12.7 Å². The van der Waals surface area contributed by atoms with Crippen molar-refractivity contribution < 1.29 is 24.6 Å². The third kappa shape index (κ3) is 4.12. The zero-order valence-corrected chi connectivity index (χ0v) is 9.05. The standard InChI is InChI=1S/C10H15NO5/c1-3-5-11(8(12)4-2)7(10(15)16)6-9(13)14/h4,7H,2-3,5-6H2,1H3,(H,13,14)(H,15,16). The molecule has 0 aromatic heterocycles. The molecule has 6 heteroatoms. The Hall–Kier alpha value is -1.85. The highest BCUT2D eigenvalue weighted by atomic mass is 16.4. The molecule has 0 aliphatic rings. The summed E-state index contributed by atoms with van der Waals surface area (Å²) in [5.41, 5.74) is 0. The van der Waals surface area contributed by atoms with Crippen LogP contribution in [0.5, 0.6) is 0 Å². The van der Waals surface area contributed by atoms with Crippen LogP contribution in [-0.2, 0) is 14.4 Å². The van der Waals surface area contributed by atoms with Crippen LogP contribution < -0.4 is 0 Å². The first kappa shape index (κ1) is 14.2. The van der Waals surface area contributed by atoms with E-state index in [1.165, 1.54) is 0 Å². The van der Waals surface area contributed by atoms with Crippen LogP contribution in [0.2, 0.25) is 0 Å². The number of amides is 1. The minimum Gasteiger partial charge on any atom is -0.481 e. The average molecular weight is 229 g/mol. The molecule has 0 heterocycles. The summed E-state index contributed by atoms with van der Waals surface area (Å²) in [4.78, 5) is 33.8. The molecule has 0 aromatic rings. The molecular weight excluding hydrogens is 214 g/mol. The molecule has 0 aromatic carbocycles. The number of carboxylic acids is 2. The van der Waals surface area contributed by atoms with E-state index in [0.29, 0.717) is 6.42 Å². The third-order valence-corrected chi connectivity index (χ3v) is 1.95. The molecule has 0 saturated heterocycles. The summed E-state index contributed by atoms with van der Waals surface area (Å²) in [5.74, 6) is -3.16. The predicted octanol–water partition coefficient (Wildman–Crippen LogP) is 0.339. The minimum absolute atomic E-state index is 0.190. The van der Waals surface area contributed by atoms with Gasteiger partial charge in [-0.3, -0.25) is 9.59 Å². The van der Waals surface area contributed by atoms with E-state index >= 15 is 0 Å². The molecule has 0 radical (unpaired) electrons. The maximum Gasteiger partial charge on any atom is 0.327 e. The molecule has 1 amide bonds. The lowest BCUT2D eigenvalue weighted by molar-refractivity contribution is -0.153. The molecule has 16 heavy (non-hydrogen) atoms. The average Bonchev–Trinajstić information content (AvgIpc) is 2.21. The molecule has 0 bridgehead atoms. The Morgan fingerprint density at radius 2 is 1.94 bits per heavy atom. The normalized spacial score (nSPS) is 11.6. The van der Waals surface area contributed by atoms with E-state index in [0.717, 1.165) is 11.0 Å². The first-order valence-electron chi connectivity index (χ1n) is 4.81.